The van der Waals surface area contributed by atoms with Crippen LogP contribution in [0, 0.1) is 13.8 Å². The lowest BCUT2D eigenvalue weighted by Crippen LogP contribution is -2.53. The van der Waals surface area contributed by atoms with Crippen LogP contribution in [-0.4, -0.2) is 40.0 Å². The first-order valence-electron chi connectivity index (χ1n) is 7.45. The topological polar surface area (TPSA) is 67.1 Å². The molecule has 5 nitrogen and oxygen atoms in total. The smallest absolute Gasteiger partial charge is 0.146 e. The second-order valence-electron chi connectivity index (χ2n) is 6.08. The van der Waals surface area contributed by atoms with Gasteiger partial charge >= 0.3 is 0 Å². The zero-order valence-corrected chi connectivity index (χ0v) is 13.9. The van der Waals surface area contributed by atoms with Crippen molar-refractivity contribution in [2.24, 2.45) is 0 Å². The predicted molar refractivity (Wildman–Crippen MR) is 88.6 cm³/mol. The highest BCUT2D eigenvalue weighted by molar-refractivity contribution is 7.18. The number of hydrogen-bond acceptors (Lipinski definition) is 6. The van der Waals surface area contributed by atoms with Crippen molar-refractivity contribution in [2.45, 2.75) is 46.3 Å². The second-order valence-corrected chi connectivity index (χ2v) is 7.28. The SMILES string of the molecule is Cc1sc2nc(CN3CC(C)NCC3C)nc(N)c2c1C. The van der Waals surface area contributed by atoms with Gasteiger partial charge in [-0.2, -0.15) is 0 Å². The van der Waals surface area contributed by atoms with Crippen molar-refractivity contribution >= 4 is 27.4 Å². The van der Waals surface area contributed by atoms with Gasteiger partial charge in [0.2, 0.25) is 0 Å². The lowest BCUT2D eigenvalue weighted by atomic mass is 10.1. The van der Waals surface area contributed by atoms with E-state index in [0.717, 1.165) is 35.7 Å². The maximum atomic E-state index is 6.16. The monoisotopic (exact) mass is 305 g/mol. The summed E-state index contributed by atoms with van der Waals surface area (Å²) in [5.41, 5.74) is 7.37. The molecule has 0 radical (unpaired) electrons. The molecule has 0 aliphatic carbocycles. The molecule has 6 heteroatoms. The first-order chi connectivity index (χ1) is 9.95. The molecule has 2 unspecified atom stereocenters. The summed E-state index contributed by atoms with van der Waals surface area (Å²) in [7, 11) is 0. The Morgan fingerprint density at radius 2 is 2.10 bits per heavy atom. The van der Waals surface area contributed by atoms with E-state index in [9.17, 15) is 0 Å². The van der Waals surface area contributed by atoms with Gasteiger partial charge in [-0.25, -0.2) is 9.97 Å². The number of thiophene rings is 1. The van der Waals surface area contributed by atoms with Crippen LogP contribution in [0.2, 0.25) is 0 Å². The van der Waals surface area contributed by atoms with Gasteiger partial charge in [-0.15, -0.1) is 11.3 Å². The van der Waals surface area contributed by atoms with Gasteiger partial charge < -0.3 is 11.1 Å². The average molecular weight is 305 g/mol. The Hall–Kier alpha value is -1.24. The van der Waals surface area contributed by atoms with Gasteiger partial charge in [-0.3, -0.25) is 4.90 Å². The molecule has 114 valence electrons. The van der Waals surface area contributed by atoms with Gasteiger partial charge in [0, 0.05) is 30.1 Å². The summed E-state index contributed by atoms with van der Waals surface area (Å²) >= 11 is 1.71. The molecule has 0 saturated carbocycles. The number of aromatic nitrogens is 2. The molecule has 0 bridgehead atoms. The minimum atomic E-state index is 0.494. The Balaban J connectivity index is 1.90. The highest BCUT2D eigenvalue weighted by Gasteiger charge is 2.23. The third-order valence-corrected chi connectivity index (χ3v) is 5.44. The molecule has 3 heterocycles. The minimum absolute atomic E-state index is 0.494. The Labute approximate surface area is 129 Å². The third-order valence-electron chi connectivity index (χ3n) is 4.34. The maximum Gasteiger partial charge on any atom is 0.146 e. The number of anilines is 1. The van der Waals surface area contributed by atoms with Gasteiger partial charge in [-0.05, 0) is 33.3 Å². The van der Waals surface area contributed by atoms with Gasteiger partial charge in [0.25, 0.3) is 0 Å². The zero-order chi connectivity index (χ0) is 15.1. The number of nitrogens with one attached hydrogen (secondary N) is 1. The molecule has 1 aliphatic rings. The fraction of sp³-hybridized carbons (Fsp3) is 0.600. The van der Waals surface area contributed by atoms with Crippen molar-refractivity contribution in [1.29, 1.82) is 0 Å². The van der Waals surface area contributed by atoms with E-state index in [4.69, 9.17) is 10.7 Å². The largest absolute Gasteiger partial charge is 0.383 e. The number of rotatable bonds is 2. The quantitative estimate of drug-likeness (QED) is 0.889. The molecule has 0 amide bonds. The van der Waals surface area contributed by atoms with Crippen LogP contribution >= 0.6 is 11.3 Å². The van der Waals surface area contributed by atoms with E-state index < -0.39 is 0 Å². The van der Waals surface area contributed by atoms with Crippen molar-refractivity contribution in [3.8, 4) is 0 Å². The Bertz CT molecular complexity index is 666. The summed E-state index contributed by atoms with van der Waals surface area (Å²) in [5.74, 6) is 1.45. The minimum Gasteiger partial charge on any atom is -0.383 e. The maximum absolute atomic E-state index is 6.16. The van der Waals surface area contributed by atoms with Crippen LogP contribution in [0.4, 0.5) is 5.82 Å². The number of hydrogen-bond donors (Lipinski definition) is 2. The highest BCUT2D eigenvalue weighted by Crippen LogP contribution is 2.32. The lowest BCUT2D eigenvalue weighted by molar-refractivity contribution is 0.135. The summed E-state index contributed by atoms with van der Waals surface area (Å²) in [6.45, 7) is 11.4. The Kier molecular flexibility index (Phi) is 3.86. The van der Waals surface area contributed by atoms with Crippen LogP contribution in [0.25, 0.3) is 10.2 Å². The van der Waals surface area contributed by atoms with Crippen molar-refractivity contribution < 1.29 is 0 Å². The molecule has 3 rings (SSSR count). The molecule has 1 aliphatic heterocycles. The Morgan fingerprint density at radius 3 is 2.86 bits per heavy atom. The van der Waals surface area contributed by atoms with E-state index in [1.54, 1.807) is 11.3 Å². The van der Waals surface area contributed by atoms with Gasteiger partial charge in [0.05, 0.1) is 11.9 Å². The van der Waals surface area contributed by atoms with Gasteiger partial charge in [0.15, 0.2) is 0 Å². The van der Waals surface area contributed by atoms with Gasteiger partial charge in [0.1, 0.15) is 16.5 Å². The van der Waals surface area contributed by atoms with Crippen molar-refractivity contribution in [3.63, 3.8) is 0 Å². The summed E-state index contributed by atoms with van der Waals surface area (Å²) in [6, 6.07) is 1.00. The fourth-order valence-electron chi connectivity index (χ4n) is 2.90. The van der Waals surface area contributed by atoms with E-state index in [1.807, 2.05) is 0 Å². The molecule has 2 aromatic heterocycles. The van der Waals surface area contributed by atoms with Crippen molar-refractivity contribution in [2.75, 3.05) is 18.8 Å². The van der Waals surface area contributed by atoms with E-state index in [1.165, 1.54) is 10.4 Å². The molecule has 21 heavy (non-hydrogen) atoms. The normalized spacial score (nSPS) is 23.8. The molecule has 1 fully saturated rings. The number of nitrogens with zero attached hydrogens (tertiary/aromatic N) is 3. The molecule has 0 spiro atoms. The molecule has 0 aromatic carbocycles. The molecule has 1 saturated heterocycles. The predicted octanol–water partition coefficient (Wildman–Crippen LogP) is 2.07. The van der Waals surface area contributed by atoms with Crippen LogP contribution in [0.3, 0.4) is 0 Å². The zero-order valence-electron chi connectivity index (χ0n) is 13.1. The van der Waals surface area contributed by atoms with Crippen molar-refractivity contribution in [3.05, 3.63) is 16.3 Å². The van der Waals surface area contributed by atoms with Crippen molar-refractivity contribution in [1.82, 2.24) is 20.2 Å². The molecule has 2 aromatic rings. The summed E-state index contributed by atoms with van der Waals surface area (Å²) in [4.78, 5) is 14.0. The van der Waals surface area contributed by atoms with Crippen LogP contribution in [0.15, 0.2) is 0 Å². The van der Waals surface area contributed by atoms with E-state index in [0.29, 0.717) is 17.9 Å². The first kappa shape index (κ1) is 14.7. The van der Waals surface area contributed by atoms with Gasteiger partial charge in [-0.1, -0.05) is 0 Å². The number of nitrogen functional groups attached to an aromatic ring is 1. The summed E-state index contributed by atoms with van der Waals surface area (Å²) < 4.78 is 0. The summed E-state index contributed by atoms with van der Waals surface area (Å²) in [6.07, 6.45) is 0. The lowest BCUT2D eigenvalue weighted by Gasteiger charge is -2.37. The van der Waals surface area contributed by atoms with Crippen LogP contribution in [-0.2, 0) is 6.54 Å². The number of fused-ring (bicyclic) bond motifs is 1. The number of piperazine rings is 1. The molecular formula is C15H23N5S. The second kappa shape index (κ2) is 5.51. The van der Waals surface area contributed by atoms with E-state index >= 15 is 0 Å². The standard InChI is InChI=1S/C15H23N5S/c1-8-6-20(9(2)5-17-8)7-12-18-14(16)13-10(3)11(4)21-15(13)19-12/h8-9,17H,5-7H2,1-4H3,(H2,16,18,19). The van der Waals surface area contributed by atoms with E-state index in [-0.39, 0.29) is 0 Å². The van der Waals surface area contributed by atoms with Crippen LogP contribution < -0.4 is 11.1 Å². The molecule has 2 atom stereocenters. The number of aryl methyl sites for hydroxylation is 2. The average Bonchev–Trinajstić information content (AvgIpc) is 2.70. The van der Waals surface area contributed by atoms with E-state index in [2.05, 4.69) is 42.9 Å². The molecule has 3 N–H and O–H groups in total. The fourth-order valence-corrected chi connectivity index (χ4v) is 3.95. The first-order valence-corrected chi connectivity index (χ1v) is 8.27. The Morgan fingerprint density at radius 1 is 1.33 bits per heavy atom. The molecular weight excluding hydrogens is 282 g/mol. The summed E-state index contributed by atoms with van der Waals surface area (Å²) in [5, 5.41) is 4.52. The highest BCUT2D eigenvalue weighted by atomic mass is 32.1. The van der Waals surface area contributed by atoms with Crippen LogP contribution in [0.5, 0.6) is 0 Å². The third kappa shape index (κ3) is 2.75. The van der Waals surface area contributed by atoms with Crippen LogP contribution in [0.1, 0.15) is 30.1 Å². The number of nitrogens with two attached hydrogens (primary N) is 1.